The van der Waals surface area contributed by atoms with Crippen LogP contribution in [0.1, 0.15) is 28.2 Å². The molecule has 0 aliphatic carbocycles. The van der Waals surface area contributed by atoms with Crippen LogP contribution >= 0.6 is 15.9 Å². The van der Waals surface area contributed by atoms with Gasteiger partial charge in [0.1, 0.15) is 5.69 Å². The summed E-state index contributed by atoms with van der Waals surface area (Å²) in [5.41, 5.74) is 5.04. The second kappa shape index (κ2) is 4.56. The van der Waals surface area contributed by atoms with Gasteiger partial charge in [0, 0.05) is 16.6 Å². The van der Waals surface area contributed by atoms with Gasteiger partial charge in [0.25, 0.3) is 6.43 Å². The maximum Gasteiger partial charge on any atom is 0.266 e. The third kappa shape index (κ3) is 2.13. The van der Waals surface area contributed by atoms with Crippen LogP contribution in [0, 0.1) is 0 Å². The van der Waals surface area contributed by atoms with E-state index < -0.39 is 6.43 Å². The Bertz CT molecular complexity index is 357. The van der Waals surface area contributed by atoms with Crippen molar-refractivity contribution in [2.75, 3.05) is 0 Å². The third-order valence-corrected chi connectivity index (χ3v) is 2.34. The molecule has 6 heteroatoms. The predicted octanol–water partition coefficient (Wildman–Crippen LogP) is 2.05. The zero-order valence-electron chi connectivity index (χ0n) is 7.01. The summed E-state index contributed by atoms with van der Waals surface area (Å²) in [5.74, 6) is 0. The molecule has 0 aliphatic heterocycles. The number of aldehydes is 1. The van der Waals surface area contributed by atoms with Crippen LogP contribution in [-0.2, 0) is 6.54 Å². The lowest BCUT2D eigenvalue weighted by Gasteiger charge is -2.06. The smallest absolute Gasteiger partial charge is 0.266 e. The highest BCUT2D eigenvalue weighted by Crippen LogP contribution is 2.26. The highest BCUT2D eigenvalue weighted by molar-refractivity contribution is 9.10. The standard InChI is InChI=1S/C8H7BrF2N2O/c9-5-1-4(8(10)11)7(3-14)13-6(5)2-12/h1,3,8H,2,12H2. The molecule has 0 aliphatic rings. The van der Waals surface area contributed by atoms with Crippen molar-refractivity contribution in [1.82, 2.24) is 4.98 Å². The van der Waals surface area contributed by atoms with Gasteiger partial charge in [-0.2, -0.15) is 0 Å². The minimum atomic E-state index is -2.72. The molecule has 1 heterocycles. The molecule has 0 fully saturated rings. The molecule has 76 valence electrons. The van der Waals surface area contributed by atoms with E-state index in [0.717, 1.165) is 0 Å². The predicted molar refractivity (Wildman–Crippen MR) is 50.2 cm³/mol. The van der Waals surface area contributed by atoms with Crippen LogP contribution in [-0.4, -0.2) is 11.3 Å². The van der Waals surface area contributed by atoms with Gasteiger partial charge in [-0.15, -0.1) is 0 Å². The van der Waals surface area contributed by atoms with Crippen LogP contribution in [0.25, 0.3) is 0 Å². The first kappa shape index (κ1) is 11.2. The number of carbonyl (C=O) groups is 1. The van der Waals surface area contributed by atoms with Gasteiger partial charge in [-0.3, -0.25) is 4.79 Å². The number of carbonyl (C=O) groups excluding carboxylic acids is 1. The summed E-state index contributed by atoms with van der Waals surface area (Å²) in [6, 6.07) is 1.17. The van der Waals surface area contributed by atoms with Gasteiger partial charge in [0.2, 0.25) is 0 Å². The van der Waals surface area contributed by atoms with Gasteiger partial charge < -0.3 is 5.73 Å². The van der Waals surface area contributed by atoms with E-state index in [0.29, 0.717) is 16.5 Å². The molecule has 14 heavy (non-hydrogen) atoms. The Kier molecular flexibility index (Phi) is 3.65. The van der Waals surface area contributed by atoms with E-state index in [1.807, 2.05) is 0 Å². The van der Waals surface area contributed by atoms with Gasteiger partial charge in [0.05, 0.1) is 5.69 Å². The van der Waals surface area contributed by atoms with Crippen molar-refractivity contribution in [3.05, 3.63) is 27.5 Å². The maximum atomic E-state index is 12.4. The molecular weight excluding hydrogens is 258 g/mol. The highest BCUT2D eigenvalue weighted by atomic mass is 79.9. The Morgan fingerprint density at radius 2 is 2.29 bits per heavy atom. The number of nitrogens with zero attached hydrogens (tertiary/aromatic N) is 1. The summed E-state index contributed by atoms with van der Waals surface area (Å²) in [4.78, 5) is 14.2. The molecule has 0 bridgehead atoms. The number of hydrogen-bond acceptors (Lipinski definition) is 3. The van der Waals surface area contributed by atoms with E-state index in [-0.39, 0.29) is 17.8 Å². The molecule has 0 saturated carbocycles. The van der Waals surface area contributed by atoms with E-state index in [4.69, 9.17) is 5.73 Å². The van der Waals surface area contributed by atoms with Gasteiger partial charge in [0.15, 0.2) is 6.29 Å². The Balaban J connectivity index is 3.31. The fraction of sp³-hybridized carbons (Fsp3) is 0.250. The number of aromatic nitrogens is 1. The first-order valence-electron chi connectivity index (χ1n) is 3.72. The maximum absolute atomic E-state index is 12.4. The molecule has 1 rings (SSSR count). The van der Waals surface area contributed by atoms with Crippen molar-refractivity contribution in [2.24, 2.45) is 5.73 Å². The van der Waals surface area contributed by atoms with Gasteiger partial charge in [-0.05, 0) is 22.0 Å². The molecule has 1 aromatic heterocycles. The number of pyridine rings is 1. The third-order valence-electron chi connectivity index (χ3n) is 1.65. The summed E-state index contributed by atoms with van der Waals surface area (Å²) in [5, 5.41) is 0. The van der Waals surface area contributed by atoms with Crippen LogP contribution in [0.15, 0.2) is 10.5 Å². The second-order valence-corrected chi connectivity index (χ2v) is 3.37. The molecule has 3 nitrogen and oxygen atoms in total. The van der Waals surface area contributed by atoms with Crippen molar-refractivity contribution >= 4 is 22.2 Å². The summed E-state index contributed by atoms with van der Waals surface area (Å²) >= 11 is 3.05. The molecule has 1 aromatic rings. The van der Waals surface area contributed by atoms with Crippen molar-refractivity contribution in [1.29, 1.82) is 0 Å². The van der Waals surface area contributed by atoms with Crippen LogP contribution in [0.5, 0.6) is 0 Å². The quantitative estimate of drug-likeness (QED) is 0.851. The monoisotopic (exact) mass is 264 g/mol. The summed E-state index contributed by atoms with van der Waals surface area (Å²) in [7, 11) is 0. The Labute approximate surface area is 87.4 Å². The Hall–Kier alpha value is -0.880. The molecule has 0 atom stereocenters. The van der Waals surface area contributed by atoms with Crippen molar-refractivity contribution in [3.8, 4) is 0 Å². The summed E-state index contributed by atoms with van der Waals surface area (Å²) in [6.45, 7) is 0.0882. The van der Waals surface area contributed by atoms with Gasteiger partial charge in [-0.25, -0.2) is 13.8 Å². The Morgan fingerprint density at radius 1 is 1.64 bits per heavy atom. The lowest BCUT2D eigenvalue weighted by atomic mass is 10.2. The largest absolute Gasteiger partial charge is 0.325 e. The lowest BCUT2D eigenvalue weighted by Crippen LogP contribution is -2.06. The van der Waals surface area contributed by atoms with Crippen molar-refractivity contribution < 1.29 is 13.6 Å². The number of halogens is 3. The van der Waals surface area contributed by atoms with Crippen LogP contribution < -0.4 is 5.73 Å². The average molecular weight is 265 g/mol. The normalized spacial score (nSPS) is 10.6. The first-order valence-corrected chi connectivity index (χ1v) is 4.52. The van der Waals surface area contributed by atoms with Crippen LogP contribution in [0.4, 0.5) is 8.78 Å². The number of nitrogens with two attached hydrogens (primary N) is 1. The Morgan fingerprint density at radius 3 is 2.71 bits per heavy atom. The molecule has 0 aromatic carbocycles. The topological polar surface area (TPSA) is 56.0 Å². The van der Waals surface area contributed by atoms with Crippen molar-refractivity contribution in [2.45, 2.75) is 13.0 Å². The van der Waals surface area contributed by atoms with E-state index in [2.05, 4.69) is 20.9 Å². The number of rotatable bonds is 3. The summed E-state index contributed by atoms with van der Waals surface area (Å²) < 4.78 is 25.1. The second-order valence-electron chi connectivity index (χ2n) is 2.51. The van der Waals surface area contributed by atoms with E-state index >= 15 is 0 Å². The molecule has 0 radical (unpaired) electrons. The molecule has 2 N–H and O–H groups in total. The fourth-order valence-electron chi connectivity index (χ4n) is 0.969. The molecule has 0 unspecified atom stereocenters. The van der Waals surface area contributed by atoms with Crippen molar-refractivity contribution in [3.63, 3.8) is 0 Å². The van der Waals surface area contributed by atoms with E-state index in [1.54, 1.807) is 0 Å². The molecule has 0 amide bonds. The average Bonchev–Trinajstić information content (AvgIpc) is 2.17. The minimum absolute atomic E-state index is 0.0882. The highest BCUT2D eigenvalue weighted by Gasteiger charge is 2.16. The zero-order chi connectivity index (χ0) is 10.7. The van der Waals surface area contributed by atoms with Crippen LogP contribution in [0.2, 0.25) is 0 Å². The van der Waals surface area contributed by atoms with Gasteiger partial charge in [-0.1, -0.05) is 0 Å². The zero-order valence-corrected chi connectivity index (χ0v) is 8.59. The number of alkyl halides is 2. The minimum Gasteiger partial charge on any atom is -0.325 e. The van der Waals surface area contributed by atoms with Gasteiger partial charge >= 0.3 is 0 Å². The summed E-state index contributed by atoms with van der Waals surface area (Å²) in [6.07, 6.45) is -2.42. The molecular formula is C8H7BrF2N2O. The SMILES string of the molecule is NCc1nc(C=O)c(C(F)F)cc1Br. The fourth-order valence-corrected chi connectivity index (χ4v) is 1.47. The lowest BCUT2D eigenvalue weighted by molar-refractivity contribution is 0.110. The first-order chi connectivity index (χ1) is 6.60. The molecule has 0 spiro atoms. The molecule has 0 saturated heterocycles. The van der Waals surface area contributed by atoms with E-state index in [9.17, 15) is 13.6 Å². The van der Waals surface area contributed by atoms with Crippen LogP contribution in [0.3, 0.4) is 0 Å². The van der Waals surface area contributed by atoms with E-state index in [1.165, 1.54) is 6.07 Å². The number of hydrogen-bond donors (Lipinski definition) is 1.